The molecule has 1 N–H and O–H groups in total. The van der Waals surface area contributed by atoms with Crippen LogP contribution < -0.4 is 5.32 Å². The Morgan fingerprint density at radius 2 is 2.06 bits per heavy atom. The molecule has 1 aromatic heterocycles. The van der Waals surface area contributed by atoms with Gasteiger partial charge in [0.25, 0.3) is 0 Å². The molecule has 3 nitrogen and oxygen atoms in total. The molecule has 16 heavy (non-hydrogen) atoms. The maximum Gasteiger partial charge on any atom is 0.0900 e. The van der Waals surface area contributed by atoms with Crippen molar-refractivity contribution in [2.75, 3.05) is 13.2 Å². The first-order chi connectivity index (χ1) is 7.54. The van der Waals surface area contributed by atoms with E-state index in [-0.39, 0.29) is 6.10 Å². The number of nitrogens with one attached hydrogen (secondary N) is 1. The lowest BCUT2D eigenvalue weighted by molar-refractivity contribution is 0.0744. The minimum absolute atomic E-state index is 0.266. The van der Waals surface area contributed by atoms with Gasteiger partial charge in [-0.25, -0.2) is 4.98 Å². The van der Waals surface area contributed by atoms with Gasteiger partial charge in [-0.3, -0.25) is 0 Å². The van der Waals surface area contributed by atoms with Crippen LogP contribution in [0.2, 0.25) is 0 Å². The number of thiazole rings is 1. The van der Waals surface area contributed by atoms with E-state index in [0.717, 1.165) is 23.9 Å². The summed E-state index contributed by atoms with van der Waals surface area (Å²) in [6, 6.07) is 0.356. The Labute approximate surface area is 102 Å². The Balaban J connectivity index is 2.46. The van der Waals surface area contributed by atoms with Crippen LogP contribution in [-0.2, 0) is 4.74 Å². The third-order valence-electron chi connectivity index (χ3n) is 2.50. The second-order valence-corrected chi connectivity index (χ2v) is 5.31. The molecule has 0 radical (unpaired) electrons. The Morgan fingerprint density at radius 1 is 1.38 bits per heavy atom. The van der Waals surface area contributed by atoms with Crippen molar-refractivity contribution in [2.24, 2.45) is 0 Å². The zero-order valence-electron chi connectivity index (χ0n) is 10.8. The Hall–Kier alpha value is -0.450. The summed E-state index contributed by atoms with van der Waals surface area (Å²) in [6.07, 6.45) is 0.266. The molecule has 2 unspecified atom stereocenters. The first kappa shape index (κ1) is 13.6. The van der Waals surface area contributed by atoms with Gasteiger partial charge in [-0.2, -0.15) is 0 Å². The first-order valence-corrected chi connectivity index (χ1v) is 6.65. The molecule has 0 saturated heterocycles. The van der Waals surface area contributed by atoms with Crippen LogP contribution in [0.15, 0.2) is 0 Å². The van der Waals surface area contributed by atoms with Crippen LogP contribution in [0.5, 0.6) is 0 Å². The van der Waals surface area contributed by atoms with Gasteiger partial charge in [0.2, 0.25) is 0 Å². The fourth-order valence-electron chi connectivity index (χ4n) is 1.73. The predicted octanol–water partition coefficient (Wildman–Crippen LogP) is 2.84. The monoisotopic (exact) mass is 242 g/mol. The highest BCUT2D eigenvalue weighted by atomic mass is 32.1. The molecule has 0 aromatic carbocycles. The molecular weight excluding hydrogens is 220 g/mol. The van der Waals surface area contributed by atoms with Crippen LogP contribution in [0.4, 0.5) is 0 Å². The Morgan fingerprint density at radius 3 is 2.56 bits per heavy atom. The first-order valence-electron chi connectivity index (χ1n) is 5.83. The normalized spacial score (nSPS) is 15.1. The smallest absolute Gasteiger partial charge is 0.0900 e. The third-order valence-corrected chi connectivity index (χ3v) is 3.75. The van der Waals surface area contributed by atoms with Gasteiger partial charge < -0.3 is 10.1 Å². The molecule has 0 bridgehead atoms. The summed E-state index contributed by atoms with van der Waals surface area (Å²) >= 11 is 1.77. The lowest BCUT2D eigenvalue weighted by atomic mass is 10.2. The fourth-order valence-corrected chi connectivity index (χ4v) is 2.68. The van der Waals surface area contributed by atoms with E-state index in [1.54, 1.807) is 11.3 Å². The molecule has 0 aliphatic carbocycles. The van der Waals surface area contributed by atoms with Crippen LogP contribution in [0.1, 0.15) is 42.4 Å². The topological polar surface area (TPSA) is 34.1 Å². The minimum atomic E-state index is 0.266. The lowest BCUT2D eigenvalue weighted by Gasteiger charge is -2.17. The Bertz CT molecular complexity index is 325. The molecule has 1 rings (SSSR count). The number of aryl methyl sites for hydroxylation is 2. The summed E-state index contributed by atoms with van der Waals surface area (Å²) in [7, 11) is 0. The van der Waals surface area contributed by atoms with Crippen molar-refractivity contribution in [3.05, 3.63) is 15.6 Å². The summed E-state index contributed by atoms with van der Waals surface area (Å²) in [4.78, 5) is 5.78. The number of hydrogen-bond acceptors (Lipinski definition) is 4. The molecular formula is C12H22N2OS. The van der Waals surface area contributed by atoms with Gasteiger partial charge in [0.05, 0.1) is 16.8 Å². The molecule has 1 aromatic rings. The van der Waals surface area contributed by atoms with Gasteiger partial charge in [-0.1, -0.05) is 0 Å². The van der Waals surface area contributed by atoms with Crippen LogP contribution in [0, 0.1) is 13.8 Å². The van der Waals surface area contributed by atoms with E-state index in [2.05, 4.69) is 38.0 Å². The molecule has 0 amide bonds. The van der Waals surface area contributed by atoms with E-state index in [4.69, 9.17) is 4.74 Å². The number of rotatable bonds is 6. The molecule has 0 spiro atoms. The third kappa shape index (κ3) is 3.85. The summed E-state index contributed by atoms with van der Waals surface area (Å²) in [5.41, 5.74) is 1.14. The Kier molecular flexibility index (Phi) is 5.38. The van der Waals surface area contributed by atoms with E-state index < -0.39 is 0 Å². The number of ether oxygens (including phenoxy) is 1. The van der Waals surface area contributed by atoms with Gasteiger partial charge in [0, 0.05) is 24.1 Å². The number of nitrogens with zero attached hydrogens (tertiary/aromatic N) is 1. The molecule has 0 aliphatic rings. The minimum Gasteiger partial charge on any atom is -0.377 e. The van der Waals surface area contributed by atoms with E-state index >= 15 is 0 Å². The van der Waals surface area contributed by atoms with Crippen molar-refractivity contribution in [1.82, 2.24) is 10.3 Å². The SMILES string of the molecule is CCOC(C)CNC(C)c1sc(C)nc1C. The number of hydrogen-bond donors (Lipinski definition) is 1. The van der Waals surface area contributed by atoms with Crippen LogP contribution in [-0.4, -0.2) is 24.2 Å². The van der Waals surface area contributed by atoms with E-state index in [0.29, 0.717) is 6.04 Å². The summed E-state index contributed by atoms with van der Waals surface area (Å²) in [5, 5.41) is 4.62. The number of aromatic nitrogens is 1. The average molecular weight is 242 g/mol. The molecule has 92 valence electrons. The lowest BCUT2D eigenvalue weighted by Crippen LogP contribution is -2.29. The van der Waals surface area contributed by atoms with E-state index in [1.807, 2.05) is 6.92 Å². The van der Waals surface area contributed by atoms with Crippen LogP contribution in [0.3, 0.4) is 0 Å². The molecule has 0 saturated carbocycles. The second kappa shape index (κ2) is 6.33. The highest BCUT2D eigenvalue weighted by Gasteiger charge is 2.13. The summed E-state index contributed by atoms with van der Waals surface area (Å²) in [6.45, 7) is 12.1. The van der Waals surface area contributed by atoms with Crippen molar-refractivity contribution < 1.29 is 4.74 Å². The van der Waals surface area contributed by atoms with Crippen molar-refractivity contribution in [2.45, 2.75) is 46.8 Å². The van der Waals surface area contributed by atoms with Crippen molar-refractivity contribution >= 4 is 11.3 Å². The molecule has 2 atom stereocenters. The summed E-state index contributed by atoms with van der Waals surface area (Å²) in [5.74, 6) is 0. The maximum atomic E-state index is 5.49. The van der Waals surface area contributed by atoms with Gasteiger partial charge in [0.15, 0.2) is 0 Å². The van der Waals surface area contributed by atoms with E-state index in [1.165, 1.54) is 4.88 Å². The average Bonchev–Trinajstić information content (AvgIpc) is 2.55. The molecule has 0 fully saturated rings. The fraction of sp³-hybridized carbons (Fsp3) is 0.750. The quantitative estimate of drug-likeness (QED) is 0.833. The van der Waals surface area contributed by atoms with Gasteiger partial charge in [0.1, 0.15) is 0 Å². The van der Waals surface area contributed by atoms with Crippen molar-refractivity contribution in [1.29, 1.82) is 0 Å². The summed E-state index contributed by atoms with van der Waals surface area (Å²) < 4.78 is 5.49. The second-order valence-electron chi connectivity index (χ2n) is 4.08. The highest BCUT2D eigenvalue weighted by Crippen LogP contribution is 2.24. The standard InChI is InChI=1S/C12H22N2OS/c1-6-15-8(2)7-13-9(3)12-10(4)14-11(5)16-12/h8-9,13H,6-7H2,1-5H3. The van der Waals surface area contributed by atoms with Gasteiger partial charge in [-0.05, 0) is 34.6 Å². The van der Waals surface area contributed by atoms with Gasteiger partial charge in [-0.15, -0.1) is 11.3 Å². The van der Waals surface area contributed by atoms with E-state index in [9.17, 15) is 0 Å². The van der Waals surface area contributed by atoms with Gasteiger partial charge >= 0.3 is 0 Å². The van der Waals surface area contributed by atoms with Crippen LogP contribution in [0.25, 0.3) is 0 Å². The van der Waals surface area contributed by atoms with Crippen molar-refractivity contribution in [3.8, 4) is 0 Å². The maximum absolute atomic E-state index is 5.49. The highest BCUT2D eigenvalue weighted by molar-refractivity contribution is 7.11. The van der Waals surface area contributed by atoms with Crippen molar-refractivity contribution in [3.63, 3.8) is 0 Å². The van der Waals surface area contributed by atoms with Crippen LogP contribution >= 0.6 is 11.3 Å². The largest absolute Gasteiger partial charge is 0.377 e. The zero-order valence-corrected chi connectivity index (χ0v) is 11.6. The molecule has 0 aliphatic heterocycles. The zero-order chi connectivity index (χ0) is 12.1. The molecule has 1 heterocycles. The molecule has 4 heteroatoms. The predicted molar refractivity (Wildman–Crippen MR) is 69.1 cm³/mol.